The van der Waals surface area contributed by atoms with E-state index in [0.29, 0.717) is 4.84 Å². The normalized spacial score (nSPS) is 11.1. The van der Waals surface area contributed by atoms with Gasteiger partial charge < -0.3 is 8.98 Å². The summed E-state index contributed by atoms with van der Waals surface area (Å²) in [5.74, 6) is 0. The lowest BCUT2D eigenvalue weighted by molar-refractivity contribution is -0.659. The minimum absolute atomic E-state index is 0.496. The van der Waals surface area contributed by atoms with Crippen LogP contribution in [0.1, 0.15) is 5.56 Å². The summed E-state index contributed by atoms with van der Waals surface area (Å²) in [5, 5.41) is 0. The molecular weight excluding hydrogens is 256 g/mol. The lowest BCUT2D eigenvalue weighted by Gasteiger charge is -2.04. The first kappa shape index (κ1) is 12.1. The molecule has 1 aromatic carbocycles. The van der Waals surface area contributed by atoms with Crippen LogP contribution in [0.5, 0.6) is 0 Å². The van der Waals surface area contributed by atoms with Gasteiger partial charge in [-0.25, -0.2) is 0 Å². The van der Waals surface area contributed by atoms with Gasteiger partial charge in [0.05, 0.1) is 5.56 Å². The second-order valence-corrected chi connectivity index (χ2v) is 5.08. The highest BCUT2D eigenvalue weighted by atomic mass is 32.1. The lowest BCUT2D eigenvalue weighted by atomic mass is 10.0. The highest BCUT2D eigenvalue weighted by Gasteiger charge is 2.21. The first-order chi connectivity index (χ1) is 9.09. The Labute approximate surface area is 116 Å². The largest absolute Gasteiger partial charge is 0.422 e. The van der Waals surface area contributed by atoms with Crippen molar-refractivity contribution < 1.29 is 8.98 Å². The molecule has 0 aliphatic heterocycles. The molecule has 0 saturated carbocycles. The Balaban J connectivity index is 2.47. The number of pyridine rings is 1. The number of aryl methyl sites for hydroxylation is 3. The molecule has 0 atom stereocenters. The summed E-state index contributed by atoms with van der Waals surface area (Å²) in [6.07, 6.45) is 2.04. The Morgan fingerprint density at radius 2 is 1.95 bits per heavy atom. The molecule has 3 nitrogen and oxygen atoms in total. The molecule has 0 unspecified atom stereocenters. The van der Waals surface area contributed by atoms with Crippen molar-refractivity contribution in [2.45, 2.75) is 6.92 Å². The molecule has 0 aliphatic rings. The molecule has 4 heteroatoms. The molecule has 0 amide bonds. The molecule has 2 heterocycles. The number of fused-ring (bicyclic) bond motifs is 1. The van der Waals surface area contributed by atoms with Crippen LogP contribution in [0.15, 0.2) is 40.9 Å². The molecule has 2 aromatic heterocycles. The van der Waals surface area contributed by atoms with Gasteiger partial charge in [-0.3, -0.25) is 0 Å². The molecule has 19 heavy (non-hydrogen) atoms. The van der Waals surface area contributed by atoms with Crippen LogP contribution in [0.3, 0.4) is 0 Å². The van der Waals surface area contributed by atoms with Gasteiger partial charge >= 0.3 is 0 Å². The van der Waals surface area contributed by atoms with Crippen LogP contribution in [-0.4, -0.2) is 4.57 Å². The van der Waals surface area contributed by atoms with Crippen molar-refractivity contribution in [3.63, 3.8) is 0 Å². The highest BCUT2D eigenvalue weighted by molar-refractivity contribution is 7.71. The monoisotopic (exact) mass is 271 g/mol. The molecule has 0 N–H and O–H groups in total. The fraction of sp³-hybridized carbons (Fsp3) is 0.200. The number of nitrogens with zero attached hydrogens (tertiary/aromatic N) is 2. The quantitative estimate of drug-likeness (QED) is 0.500. The van der Waals surface area contributed by atoms with Crippen LogP contribution in [0.25, 0.3) is 22.4 Å². The first-order valence-corrected chi connectivity index (χ1v) is 6.54. The summed E-state index contributed by atoms with van der Waals surface area (Å²) in [6, 6.07) is 10.3. The number of aromatic nitrogens is 2. The fourth-order valence-corrected chi connectivity index (χ4v) is 2.57. The highest BCUT2D eigenvalue weighted by Crippen LogP contribution is 2.28. The lowest BCUT2D eigenvalue weighted by Crippen LogP contribution is -2.30. The second-order valence-electron chi connectivity index (χ2n) is 4.73. The Hall–Kier alpha value is -1.94. The summed E-state index contributed by atoms with van der Waals surface area (Å²) in [5.41, 5.74) is 5.30. The van der Waals surface area contributed by atoms with Crippen molar-refractivity contribution >= 4 is 23.3 Å². The molecule has 3 rings (SSSR count). The van der Waals surface area contributed by atoms with Gasteiger partial charge in [-0.1, -0.05) is 18.2 Å². The van der Waals surface area contributed by atoms with Gasteiger partial charge in [-0.2, -0.15) is 4.57 Å². The Morgan fingerprint density at radius 1 is 1.21 bits per heavy atom. The zero-order chi connectivity index (χ0) is 13.6. The fourth-order valence-electron chi connectivity index (χ4n) is 2.38. The molecule has 0 radical (unpaired) electrons. The van der Waals surface area contributed by atoms with E-state index in [0.717, 1.165) is 16.8 Å². The van der Waals surface area contributed by atoms with Crippen LogP contribution in [0.2, 0.25) is 0 Å². The predicted octanol–water partition coefficient (Wildman–Crippen LogP) is 3.30. The molecule has 0 bridgehead atoms. The van der Waals surface area contributed by atoms with Crippen LogP contribution in [-0.2, 0) is 14.1 Å². The van der Waals surface area contributed by atoms with Crippen molar-refractivity contribution in [3.05, 3.63) is 46.9 Å². The van der Waals surface area contributed by atoms with Gasteiger partial charge in [0.15, 0.2) is 6.20 Å². The molecule has 0 fully saturated rings. The second kappa shape index (κ2) is 4.31. The standard InChI is InChI=1S/C15H15N2OS/c1-10-6-4-5-7-11(10)13-14-12(8-9-16(13)2)17(3)15(19)18-14/h4-9H,1-3H3/q+1. The van der Waals surface area contributed by atoms with Gasteiger partial charge in [0.25, 0.3) is 10.5 Å². The number of benzene rings is 1. The smallest absolute Gasteiger partial charge is 0.269 e. The van der Waals surface area contributed by atoms with Gasteiger partial charge in [-0.15, -0.1) is 0 Å². The van der Waals surface area contributed by atoms with E-state index in [-0.39, 0.29) is 0 Å². The number of hydrogen-bond donors (Lipinski definition) is 0. The Bertz CT molecular complexity index is 830. The maximum atomic E-state index is 5.78. The van der Waals surface area contributed by atoms with E-state index in [2.05, 4.69) is 23.6 Å². The average molecular weight is 271 g/mol. The number of oxazole rings is 1. The molecule has 0 aliphatic carbocycles. The predicted molar refractivity (Wildman–Crippen MR) is 77.4 cm³/mol. The van der Waals surface area contributed by atoms with Crippen LogP contribution >= 0.6 is 12.2 Å². The van der Waals surface area contributed by atoms with Crippen molar-refractivity contribution in [1.82, 2.24) is 4.57 Å². The minimum atomic E-state index is 0.496. The average Bonchev–Trinajstić information content (AvgIpc) is 2.67. The van der Waals surface area contributed by atoms with Crippen LogP contribution < -0.4 is 4.57 Å². The van der Waals surface area contributed by atoms with Crippen molar-refractivity contribution in [2.24, 2.45) is 14.1 Å². The summed E-state index contributed by atoms with van der Waals surface area (Å²) in [4.78, 5) is 0.496. The van der Waals surface area contributed by atoms with E-state index in [4.69, 9.17) is 16.6 Å². The van der Waals surface area contributed by atoms with E-state index >= 15 is 0 Å². The van der Waals surface area contributed by atoms with Gasteiger partial charge in [0, 0.05) is 13.1 Å². The van der Waals surface area contributed by atoms with Crippen molar-refractivity contribution in [2.75, 3.05) is 0 Å². The van der Waals surface area contributed by atoms with Crippen molar-refractivity contribution in [1.29, 1.82) is 0 Å². The summed E-state index contributed by atoms with van der Waals surface area (Å²) < 4.78 is 9.74. The maximum Gasteiger partial charge on any atom is 0.269 e. The summed E-state index contributed by atoms with van der Waals surface area (Å²) >= 11 is 5.23. The van der Waals surface area contributed by atoms with E-state index in [1.165, 1.54) is 11.1 Å². The zero-order valence-corrected chi connectivity index (χ0v) is 12.0. The van der Waals surface area contributed by atoms with E-state index < -0.39 is 0 Å². The summed E-state index contributed by atoms with van der Waals surface area (Å²) in [6.45, 7) is 2.10. The van der Waals surface area contributed by atoms with Gasteiger partial charge in [-0.05, 0) is 30.8 Å². The van der Waals surface area contributed by atoms with E-state index in [1.54, 1.807) is 0 Å². The molecule has 0 spiro atoms. The van der Waals surface area contributed by atoms with Gasteiger partial charge in [0.1, 0.15) is 12.6 Å². The molecule has 3 aromatic rings. The summed E-state index contributed by atoms with van der Waals surface area (Å²) in [7, 11) is 3.95. The third-order valence-corrected chi connectivity index (χ3v) is 3.84. The molecule has 96 valence electrons. The Kier molecular flexibility index (Phi) is 2.75. The zero-order valence-electron chi connectivity index (χ0n) is 11.2. The van der Waals surface area contributed by atoms with Crippen molar-refractivity contribution in [3.8, 4) is 11.3 Å². The number of hydrogen-bond acceptors (Lipinski definition) is 2. The third-order valence-electron chi connectivity index (χ3n) is 3.48. The first-order valence-electron chi connectivity index (χ1n) is 6.14. The number of rotatable bonds is 1. The van der Waals surface area contributed by atoms with Crippen LogP contribution in [0, 0.1) is 11.8 Å². The van der Waals surface area contributed by atoms with Gasteiger partial charge in [0.2, 0.25) is 5.58 Å². The topological polar surface area (TPSA) is 21.9 Å². The molecular formula is C15H15N2OS+. The van der Waals surface area contributed by atoms with E-state index in [9.17, 15) is 0 Å². The Morgan fingerprint density at radius 3 is 2.68 bits per heavy atom. The van der Waals surface area contributed by atoms with Crippen LogP contribution in [0.4, 0.5) is 0 Å². The maximum absolute atomic E-state index is 5.78. The van der Waals surface area contributed by atoms with E-state index in [1.807, 2.05) is 43.1 Å². The third kappa shape index (κ3) is 1.79. The SMILES string of the molecule is Cc1ccccc1-c1c2oc(=S)n(C)c2cc[n+]1C. The molecule has 0 saturated heterocycles. The minimum Gasteiger partial charge on any atom is -0.422 e.